The molecule has 3 nitrogen and oxygen atoms in total. The molecule has 2 rings (SSSR count). The largest absolute Gasteiger partial charge is 0.398 e. The van der Waals surface area contributed by atoms with Crippen molar-refractivity contribution in [1.82, 2.24) is 4.98 Å². The summed E-state index contributed by atoms with van der Waals surface area (Å²) in [6.45, 7) is 10.7. The SMILES string of the molecule is CCN(CC)c1ccc2nc(CC(C)C)cc(N)c2c1. The van der Waals surface area contributed by atoms with Gasteiger partial charge in [-0.1, -0.05) is 13.8 Å². The number of fused-ring (bicyclic) bond motifs is 1. The number of anilines is 2. The van der Waals surface area contributed by atoms with Gasteiger partial charge < -0.3 is 10.6 Å². The van der Waals surface area contributed by atoms with Crippen LogP contribution in [-0.4, -0.2) is 18.1 Å². The third kappa shape index (κ3) is 3.03. The lowest BCUT2D eigenvalue weighted by atomic mass is 10.1. The molecule has 108 valence electrons. The van der Waals surface area contributed by atoms with Crippen LogP contribution in [0.5, 0.6) is 0 Å². The van der Waals surface area contributed by atoms with E-state index in [-0.39, 0.29) is 0 Å². The Hall–Kier alpha value is -1.77. The van der Waals surface area contributed by atoms with Gasteiger partial charge in [-0.15, -0.1) is 0 Å². The first-order valence-electron chi connectivity index (χ1n) is 7.49. The lowest BCUT2D eigenvalue weighted by Gasteiger charge is -2.21. The molecule has 0 fully saturated rings. The minimum Gasteiger partial charge on any atom is -0.398 e. The van der Waals surface area contributed by atoms with Crippen LogP contribution in [0.1, 0.15) is 33.4 Å². The minimum atomic E-state index is 0.592. The lowest BCUT2D eigenvalue weighted by molar-refractivity contribution is 0.637. The first-order chi connectivity index (χ1) is 9.55. The molecule has 1 heterocycles. The van der Waals surface area contributed by atoms with E-state index in [4.69, 9.17) is 10.7 Å². The molecule has 2 aromatic rings. The highest BCUT2D eigenvalue weighted by Gasteiger charge is 2.08. The molecular weight excluding hydrogens is 246 g/mol. The second kappa shape index (κ2) is 6.12. The summed E-state index contributed by atoms with van der Waals surface area (Å²) in [4.78, 5) is 7.05. The Labute approximate surface area is 121 Å². The summed E-state index contributed by atoms with van der Waals surface area (Å²) in [6.07, 6.45) is 0.970. The molecule has 0 amide bonds. The van der Waals surface area contributed by atoms with Crippen molar-refractivity contribution in [1.29, 1.82) is 0 Å². The summed E-state index contributed by atoms with van der Waals surface area (Å²) >= 11 is 0. The molecule has 0 unspecified atom stereocenters. The Morgan fingerprint density at radius 2 is 1.85 bits per heavy atom. The molecule has 0 aliphatic heterocycles. The maximum Gasteiger partial charge on any atom is 0.0727 e. The molecule has 0 saturated carbocycles. The molecule has 0 saturated heterocycles. The van der Waals surface area contributed by atoms with E-state index < -0.39 is 0 Å². The van der Waals surface area contributed by atoms with Crippen LogP contribution < -0.4 is 10.6 Å². The lowest BCUT2D eigenvalue weighted by Crippen LogP contribution is -2.21. The fraction of sp³-hybridized carbons (Fsp3) is 0.471. The van der Waals surface area contributed by atoms with Crippen molar-refractivity contribution >= 4 is 22.3 Å². The average molecular weight is 271 g/mol. The zero-order valence-corrected chi connectivity index (χ0v) is 13.0. The van der Waals surface area contributed by atoms with E-state index in [0.717, 1.165) is 41.8 Å². The summed E-state index contributed by atoms with van der Waals surface area (Å²) in [5.41, 5.74) is 10.4. The molecule has 1 aromatic heterocycles. The second-order valence-electron chi connectivity index (χ2n) is 5.67. The van der Waals surface area contributed by atoms with Gasteiger partial charge >= 0.3 is 0 Å². The number of nitrogens with two attached hydrogens (primary N) is 1. The van der Waals surface area contributed by atoms with Crippen molar-refractivity contribution in [2.24, 2.45) is 5.92 Å². The van der Waals surface area contributed by atoms with Gasteiger partial charge in [0.15, 0.2) is 0 Å². The fourth-order valence-corrected chi connectivity index (χ4v) is 2.61. The first-order valence-corrected chi connectivity index (χ1v) is 7.49. The number of hydrogen-bond donors (Lipinski definition) is 1. The summed E-state index contributed by atoms with van der Waals surface area (Å²) in [7, 11) is 0. The van der Waals surface area contributed by atoms with Crippen LogP contribution in [0.2, 0.25) is 0 Å². The third-order valence-electron chi connectivity index (χ3n) is 3.62. The highest BCUT2D eigenvalue weighted by atomic mass is 15.1. The van der Waals surface area contributed by atoms with Gasteiger partial charge in [-0.2, -0.15) is 0 Å². The van der Waals surface area contributed by atoms with Gasteiger partial charge in [0.1, 0.15) is 0 Å². The topological polar surface area (TPSA) is 42.2 Å². The fourth-order valence-electron chi connectivity index (χ4n) is 2.61. The van der Waals surface area contributed by atoms with Crippen molar-refractivity contribution in [2.75, 3.05) is 23.7 Å². The smallest absolute Gasteiger partial charge is 0.0727 e. The Balaban J connectivity index is 2.46. The Bertz CT molecular complexity index is 586. The van der Waals surface area contributed by atoms with E-state index in [1.54, 1.807) is 0 Å². The molecule has 3 heteroatoms. The molecular formula is C17H25N3. The zero-order chi connectivity index (χ0) is 14.7. The van der Waals surface area contributed by atoms with Gasteiger partial charge in [0.25, 0.3) is 0 Å². The van der Waals surface area contributed by atoms with E-state index in [2.05, 4.69) is 50.8 Å². The minimum absolute atomic E-state index is 0.592. The van der Waals surface area contributed by atoms with E-state index in [1.807, 2.05) is 6.07 Å². The van der Waals surface area contributed by atoms with E-state index in [1.165, 1.54) is 5.69 Å². The van der Waals surface area contributed by atoms with Crippen LogP contribution in [0, 0.1) is 5.92 Å². The number of aromatic nitrogens is 1. The number of hydrogen-bond acceptors (Lipinski definition) is 3. The van der Waals surface area contributed by atoms with E-state index in [0.29, 0.717) is 5.92 Å². The molecule has 20 heavy (non-hydrogen) atoms. The maximum atomic E-state index is 6.23. The summed E-state index contributed by atoms with van der Waals surface area (Å²) in [6, 6.07) is 8.41. The molecule has 0 radical (unpaired) electrons. The van der Waals surface area contributed by atoms with Gasteiger partial charge in [-0.05, 0) is 50.5 Å². The molecule has 0 spiro atoms. The van der Waals surface area contributed by atoms with Gasteiger partial charge in [-0.25, -0.2) is 0 Å². The number of nitrogens with zero attached hydrogens (tertiary/aromatic N) is 2. The van der Waals surface area contributed by atoms with Crippen molar-refractivity contribution in [3.8, 4) is 0 Å². The van der Waals surface area contributed by atoms with E-state index in [9.17, 15) is 0 Å². The molecule has 0 aliphatic rings. The second-order valence-corrected chi connectivity index (χ2v) is 5.67. The standard InChI is InChI=1S/C17H25N3/c1-5-20(6-2)14-7-8-17-15(11-14)16(18)10-13(19-17)9-12(3)4/h7-8,10-12H,5-6,9H2,1-4H3,(H2,18,19). The molecule has 0 atom stereocenters. The summed E-state index contributed by atoms with van der Waals surface area (Å²) in [5, 5.41) is 1.06. The normalized spacial score (nSPS) is 11.2. The van der Waals surface area contributed by atoms with Crippen LogP contribution in [0.3, 0.4) is 0 Å². The summed E-state index contributed by atoms with van der Waals surface area (Å²) in [5.74, 6) is 0.592. The Kier molecular flexibility index (Phi) is 4.48. The van der Waals surface area contributed by atoms with Crippen molar-refractivity contribution < 1.29 is 0 Å². The van der Waals surface area contributed by atoms with Crippen molar-refractivity contribution in [2.45, 2.75) is 34.1 Å². The van der Waals surface area contributed by atoms with Crippen LogP contribution in [-0.2, 0) is 6.42 Å². The zero-order valence-electron chi connectivity index (χ0n) is 13.0. The highest BCUT2D eigenvalue weighted by molar-refractivity contribution is 5.92. The molecule has 0 aliphatic carbocycles. The average Bonchev–Trinajstić information content (AvgIpc) is 2.40. The van der Waals surface area contributed by atoms with Crippen LogP contribution in [0.15, 0.2) is 24.3 Å². The maximum absolute atomic E-state index is 6.23. The van der Waals surface area contributed by atoms with Crippen LogP contribution in [0.25, 0.3) is 10.9 Å². The van der Waals surface area contributed by atoms with E-state index >= 15 is 0 Å². The first kappa shape index (κ1) is 14.6. The number of benzene rings is 1. The molecule has 2 N–H and O–H groups in total. The highest BCUT2D eigenvalue weighted by Crippen LogP contribution is 2.26. The third-order valence-corrected chi connectivity index (χ3v) is 3.62. The number of pyridine rings is 1. The van der Waals surface area contributed by atoms with Gasteiger partial charge in [0.05, 0.1) is 5.52 Å². The quantitative estimate of drug-likeness (QED) is 0.897. The monoisotopic (exact) mass is 271 g/mol. The predicted molar refractivity (Wildman–Crippen MR) is 88.3 cm³/mol. The Morgan fingerprint density at radius 3 is 2.45 bits per heavy atom. The molecule has 1 aromatic carbocycles. The van der Waals surface area contributed by atoms with Crippen LogP contribution in [0.4, 0.5) is 11.4 Å². The number of nitrogen functional groups attached to an aromatic ring is 1. The van der Waals surface area contributed by atoms with Gasteiger partial charge in [0, 0.05) is 35.5 Å². The predicted octanol–water partition coefficient (Wildman–Crippen LogP) is 3.86. The van der Waals surface area contributed by atoms with Crippen molar-refractivity contribution in [3.63, 3.8) is 0 Å². The van der Waals surface area contributed by atoms with Crippen LogP contribution >= 0.6 is 0 Å². The van der Waals surface area contributed by atoms with Gasteiger partial charge in [-0.3, -0.25) is 4.98 Å². The summed E-state index contributed by atoms with van der Waals surface area (Å²) < 4.78 is 0. The Morgan fingerprint density at radius 1 is 1.15 bits per heavy atom. The van der Waals surface area contributed by atoms with Gasteiger partial charge in [0.2, 0.25) is 0 Å². The molecule has 0 bridgehead atoms. The number of rotatable bonds is 5. The van der Waals surface area contributed by atoms with Crippen molar-refractivity contribution in [3.05, 3.63) is 30.0 Å².